The Kier molecular flexibility index (Phi) is 1.95. The Morgan fingerprint density at radius 2 is 2.54 bits per heavy atom. The number of aliphatic hydroxyl groups excluding tert-OH is 1. The minimum absolute atomic E-state index is 0.103. The van der Waals surface area contributed by atoms with Gasteiger partial charge in [0, 0.05) is 19.4 Å². The van der Waals surface area contributed by atoms with Gasteiger partial charge >= 0.3 is 0 Å². The molecule has 0 unspecified atom stereocenters. The summed E-state index contributed by atoms with van der Waals surface area (Å²) in [5.41, 5.74) is 2.47. The van der Waals surface area contributed by atoms with E-state index < -0.39 is 6.10 Å². The van der Waals surface area contributed by atoms with Crippen LogP contribution < -0.4 is 5.43 Å². The molecule has 1 fully saturated rings. The Balaban J connectivity index is 2.23. The Labute approximate surface area is 76.4 Å². The first-order valence-electron chi connectivity index (χ1n) is 4.53. The van der Waals surface area contributed by atoms with E-state index in [1.165, 1.54) is 0 Å². The lowest BCUT2D eigenvalue weighted by Gasteiger charge is -2.29. The molecule has 2 aliphatic rings. The highest BCUT2D eigenvalue weighted by Crippen LogP contribution is 2.21. The van der Waals surface area contributed by atoms with E-state index in [1.807, 2.05) is 11.8 Å². The summed E-state index contributed by atoms with van der Waals surface area (Å²) in [6, 6.07) is -0.206. The molecular formula is C8H13N3O2. The van der Waals surface area contributed by atoms with Crippen molar-refractivity contribution in [1.29, 1.82) is 0 Å². The molecular weight excluding hydrogens is 170 g/mol. The summed E-state index contributed by atoms with van der Waals surface area (Å²) in [5.74, 6) is 0.759. The second kappa shape index (κ2) is 2.99. The monoisotopic (exact) mass is 183 g/mol. The summed E-state index contributed by atoms with van der Waals surface area (Å²) in [5, 5.41) is 13.4. The smallest absolute Gasteiger partial charge is 0.262 e. The first kappa shape index (κ1) is 8.50. The molecule has 1 amide bonds. The van der Waals surface area contributed by atoms with Crippen molar-refractivity contribution in [2.45, 2.75) is 31.9 Å². The standard InChI is InChI=1S/C8H13N3O2/c1-2-7-9-10-8(13)6-3-5(12)4-11(6)7/h5-6,12H,2-4H2,1H3,(H,10,13)/t5-,6+/m1/s1. The maximum Gasteiger partial charge on any atom is 0.262 e. The van der Waals surface area contributed by atoms with Gasteiger partial charge in [0.05, 0.1) is 6.10 Å². The number of hydrazone groups is 1. The zero-order valence-corrected chi connectivity index (χ0v) is 7.53. The number of amidine groups is 1. The Bertz CT molecular complexity index is 264. The third kappa shape index (κ3) is 1.29. The molecule has 0 aromatic carbocycles. The van der Waals surface area contributed by atoms with E-state index in [9.17, 15) is 9.90 Å². The zero-order valence-electron chi connectivity index (χ0n) is 7.53. The van der Waals surface area contributed by atoms with Crippen LogP contribution in [0.25, 0.3) is 0 Å². The van der Waals surface area contributed by atoms with Crippen LogP contribution in [0.15, 0.2) is 5.10 Å². The summed E-state index contributed by atoms with van der Waals surface area (Å²) >= 11 is 0. The van der Waals surface area contributed by atoms with Crippen LogP contribution in [0.5, 0.6) is 0 Å². The molecule has 0 aliphatic carbocycles. The number of rotatable bonds is 1. The fourth-order valence-corrected chi connectivity index (χ4v) is 1.89. The molecule has 0 bridgehead atoms. The highest BCUT2D eigenvalue weighted by molar-refractivity contribution is 5.94. The van der Waals surface area contributed by atoms with Gasteiger partial charge in [0.2, 0.25) is 0 Å². The minimum atomic E-state index is -0.398. The molecule has 0 saturated carbocycles. The largest absolute Gasteiger partial charge is 0.391 e. The molecule has 1 saturated heterocycles. The molecule has 2 rings (SSSR count). The zero-order chi connectivity index (χ0) is 9.42. The Morgan fingerprint density at radius 3 is 3.23 bits per heavy atom. The summed E-state index contributed by atoms with van der Waals surface area (Å²) in [7, 11) is 0. The highest BCUT2D eigenvalue weighted by Gasteiger charge is 2.39. The average molecular weight is 183 g/mol. The van der Waals surface area contributed by atoms with E-state index >= 15 is 0 Å². The molecule has 0 spiro atoms. The molecule has 0 aromatic rings. The van der Waals surface area contributed by atoms with Gasteiger partial charge in [-0.15, -0.1) is 0 Å². The van der Waals surface area contributed by atoms with Gasteiger partial charge in [-0.1, -0.05) is 6.92 Å². The van der Waals surface area contributed by atoms with Crippen molar-refractivity contribution < 1.29 is 9.90 Å². The van der Waals surface area contributed by atoms with E-state index in [0.29, 0.717) is 13.0 Å². The van der Waals surface area contributed by atoms with Gasteiger partial charge < -0.3 is 10.0 Å². The quantitative estimate of drug-likeness (QED) is 0.563. The maximum atomic E-state index is 11.3. The number of amides is 1. The van der Waals surface area contributed by atoms with Crippen LogP contribution >= 0.6 is 0 Å². The molecule has 5 heteroatoms. The second-order valence-electron chi connectivity index (χ2n) is 3.42. The van der Waals surface area contributed by atoms with E-state index in [2.05, 4.69) is 10.5 Å². The van der Waals surface area contributed by atoms with Crippen LogP contribution in [0.4, 0.5) is 0 Å². The van der Waals surface area contributed by atoms with Gasteiger partial charge in [-0.2, -0.15) is 5.10 Å². The van der Waals surface area contributed by atoms with Gasteiger partial charge in [-0.3, -0.25) is 4.79 Å². The first-order chi connectivity index (χ1) is 6.22. The minimum Gasteiger partial charge on any atom is -0.391 e. The molecule has 2 heterocycles. The van der Waals surface area contributed by atoms with Gasteiger partial charge in [-0.05, 0) is 0 Å². The van der Waals surface area contributed by atoms with E-state index in [1.54, 1.807) is 0 Å². The van der Waals surface area contributed by atoms with E-state index in [4.69, 9.17) is 0 Å². The van der Waals surface area contributed by atoms with Crippen LogP contribution in [0.2, 0.25) is 0 Å². The topological polar surface area (TPSA) is 64.9 Å². The number of aliphatic hydroxyl groups is 1. The van der Waals surface area contributed by atoms with Crippen molar-refractivity contribution >= 4 is 11.7 Å². The van der Waals surface area contributed by atoms with Crippen molar-refractivity contribution in [3.8, 4) is 0 Å². The van der Waals surface area contributed by atoms with Crippen molar-refractivity contribution in [2.24, 2.45) is 5.10 Å². The fraction of sp³-hybridized carbons (Fsp3) is 0.750. The lowest BCUT2D eigenvalue weighted by atomic mass is 10.2. The Morgan fingerprint density at radius 1 is 1.77 bits per heavy atom. The number of carbonyl (C=O) groups excluding carboxylic acids is 1. The summed E-state index contributed by atoms with van der Waals surface area (Å²) in [4.78, 5) is 13.2. The van der Waals surface area contributed by atoms with Gasteiger partial charge in [0.25, 0.3) is 5.91 Å². The number of fused-ring (bicyclic) bond motifs is 1. The van der Waals surface area contributed by atoms with Crippen LogP contribution in [0.1, 0.15) is 19.8 Å². The third-order valence-electron chi connectivity index (χ3n) is 2.52. The number of hydrogen-bond acceptors (Lipinski definition) is 4. The summed E-state index contributed by atoms with van der Waals surface area (Å²) in [6.45, 7) is 2.52. The normalized spacial score (nSPS) is 32.6. The van der Waals surface area contributed by atoms with Gasteiger partial charge in [-0.25, -0.2) is 5.43 Å². The van der Waals surface area contributed by atoms with Crippen molar-refractivity contribution in [3.05, 3.63) is 0 Å². The molecule has 2 atom stereocenters. The van der Waals surface area contributed by atoms with Crippen LogP contribution in [0.3, 0.4) is 0 Å². The number of carbonyl (C=O) groups is 1. The molecule has 5 nitrogen and oxygen atoms in total. The molecule has 2 aliphatic heterocycles. The average Bonchev–Trinajstić information content (AvgIpc) is 2.48. The van der Waals surface area contributed by atoms with E-state index in [0.717, 1.165) is 12.3 Å². The predicted octanol–water partition coefficient (Wildman–Crippen LogP) is -0.725. The second-order valence-corrected chi connectivity index (χ2v) is 3.42. The van der Waals surface area contributed by atoms with Gasteiger partial charge in [0.1, 0.15) is 11.9 Å². The number of nitrogens with one attached hydrogen (secondary N) is 1. The molecule has 13 heavy (non-hydrogen) atoms. The SMILES string of the molecule is CCC1=NNC(=O)[C@@H]2C[C@@H](O)CN12. The first-order valence-corrected chi connectivity index (χ1v) is 4.53. The predicted molar refractivity (Wildman–Crippen MR) is 47.0 cm³/mol. The molecule has 0 radical (unpaired) electrons. The summed E-state index contributed by atoms with van der Waals surface area (Å²) < 4.78 is 0. The van der Waals surface area contributed by atoms with E-state index in [-0.39, 0.29) is 11.9 Å². The Hall–Kier alpha value is -1.10. The van der Waals surface area contributed by atoms with Crippen LogP contribution in [0, 0.1) is 0 Å². The lowest BCUT2D eigenvalue weighted by molar-refractivity contribution is -0.125. The summed E-state index contributed by atoms with van der Waals surface area (Å²) in [6.07, 6.45) is 0.902. The van der Waals surface area contributed by atoms with Crippen molar-refractivity contribution in [3.63, 3.8) is 0 Å². The fourth-order valence-electron chi connectivity index (χ4n) is 1.89. The maximum absolute atomic E-state index is 11.3. The van der Waals surface area contributed by atoms with Crippen molar-refractivity contribution in [2.75, 3.05) is 6.54 Å². The third-order valence-corrected chi connectivity index (χ3v) is 2.52. The molecule has 0 aromatic heterocycles. The van der Waals surface area contributed by atoms with Crippen molar-refractivity contribution in [1.82, 2.24) is 10.3 Å². The van der Waals surface area contributed by atoms with Crippen LogP contribution in [-0.2, 0) is 4.79 Å². The number of hydrogen-bond donors (Lipinski definition) is 2. The molecule has 2 N–H and O–H groups in total. The van der Waals surface area contributed by atoms with Gasteiger partial charge in [0.15, 0.2) is 0 Å². The number of nitrogens with zero attached hydrogens (tertiary/aromatic N) is 2. The highest BCUT2D eigenvalue weighted by atomic mass is 16.3. The lowest BCUT2D eigenvalue weighted by Crippen LogP contribution is -2.49. The van der Waals surface area contributed by atoms with Crippen LogP contribution in [-0.4, -0.2) is 40.4 Å². The molecule has 72 valence electrons.